The lowest BCUT2D eigenvalue weighted by Crippen LogP contribution is -2.35. The summed E-state index contributed by atoms with van der Waals surface area (Å²) in [5.41, 5.74) is 0.0767. The zero-order valence-electron chi connectivity index (χ0n) is 13.8. The molecule has 0 unspecified atom stereocenters. The molecular formula is C15H35NO. The van der Waals surface area contributed by atoms with Crippen LogP contribution in [0.25, 0.3) is 0 Å². The highest BCUT2D eigenvalue weighted by Crippen LogP contribution is 2.30. The molecule has 0 atom stereocenters. The molecule has 0 heterocycles. The van der Waals surface area contributed by atoms with Gasteiger partial charge in [-0.05, 0) is 18.3 Å². The van der Waals surface area contributed by atoms with Crippen LogP contribution >= 0.6 is 0 Å². The van der Waals surface area contributed by atoms with Crippen LogP contribution in [0, 0.1) is 10.8 Å². The molecule has 0 spiro atoms. The van der Waals surface area contributed by atoms with Gasteiger partial charge in [0.1, 0.15) is 0 Å². The first-order valence-electron chi connectivity index (χ1n) is 6.91. The first kappa shape index (κ1) is 21.7. The minimum Gasteiger partial charge on any atom is -0.359 e. The largest absolute Gasteiger partial charge is 0.359 e. The molecule has 0 saturated heterocycles. The standard InChI is InChI=1S/C11H23NO.2C2H6/c1-10(2,3)7-8-11(4,5)9(13)12-6;2*1-2/h7-8H2,1-6H3,(H,12,13);2*1-2H3. The van der Waals surface area contributed by atoms with E-state index in [9.17, 15) is 4.79 Å². The average molecular weight is 245 g/mol. The molecule has 1 N–H and O–H groups in total. The summed E-state index contributed by atoms with van der Waals surface area (Å²) in [7, 11) is 1.70. The third kappa shape index (κ3) is 13.4. The van der Waals surface area contributed by atoms with Crippen molar-refractivity contribution in [2.24, 2.45) is 10.8 Å². The first-order valence-corrected chi connectivity index (χ1v) is 6.91. The number of hydrogen-bond donors (Lipinski definition) is 1. The van der Waals surface area contributed by atoms with E-state index in [1.54, 1.807) is 7.05 Å². The summed E-state index contributed by atoms with van der Waals surface area (Å²) < 4.78 is 0. The molecule has 17 heavy (non-hydrogen) atoms. The normalized spacial score (nSPS) is 10.5. The van der Waals surface area contributed by atoms with Gasteiger partial charge >= 0.3 is 0 Å². The van der Waals surface area contributed by atoms with Crippen LogP contribution in [-0.2, 0) is 4.79 Å². The summed E-state index contributed by atoms with van der Waals surface area (Å²) in [5, 5.41) is 2.70. The van der Waals surface area contributed by atoms with Crippen molar-refractivity contribution in [2.75, 3.05) is 7.05 Å². The fourth-order valence-electron chi connectivity index (χ4n) is 1.14. The van der Waals surface area contributed by atoms with Crippen LogP contribution in [0.1, 0.15) is 75.2 Å². The van der Waals surface area contributed by atoms with Crippen molar-refractivity contribution in [2.45, 2.75) is 75.2 Å². The van der Waals surface area contributed by atoms with Crippen LogP contribution in [0.4, 0.5) is 0 Å². The van der Waals surface area contributed by atoms with E-state index in [-0.39, 0.29) is 11.3 Å². The third-order valence-corrected chi connectivity index (χ3v) is 2.34. The molecule has 106 valence electrons. The monoisotopic (exact) mass is 245 g/mol. The molecule has 0 radical (unpaired) electrons. The SMILES string of the molecule is CC.CC.CNC(=O)C(C)(C)CCC(C)(C)C. The van der Waals surface area contributed by atoms with Gasteiger partial charge in [0.2, 0.25) is 5.91 Å². The lowest BCUT2D eigenvalue weighted by molar-refractivity contribution is -0.129. The van der Waals surface area contributed by atoms with Gasteiger partial charge in [0.05, 0.1) is 0 Å². The van der Waals surface area contributed by atoms with Crippen molar-refractivity contribution >= 4 is 5.91 Å². The molecule has 0 aromatic heterocycles. The molecule has 0 aromatic rings. The second-order valence-electron chi connectivity index (χ2n) is 5.52. The van der Waals surface area contributed by atoms with E-state index in [1.807, 2.05) is 41.5 Å². The van der Waals surface area contributed by atoms with Crippen LogP contribution in [-0.4, -0.2) is 13.0 Å². The van der Waals surface area contributed by atoms with Gasteiger partial charge in [-0.2, -0.15) is 0 Å². The van der Waals surface area contributed by atoms with Crippen LogP contribution < -0.4 is 5.32 Å². The Labute approximate surface area is 110 Å². The molecule has 2 nitrogen and oxygen atoms in total. The van der Waals surface area contributed by atoms with Gasteiger partial charge in [-0.25, -0.2) is 0 Å². The second-order valence-corrected chi connectivity index (χ2v) is 5.52. The molecule has 0 aliphatic carbocycles. The number of carbonyl (C=O) groups excluding carboxylic acids is 1. The maximum Gasteiger partial charge on any atom is 0.225 e. The van der Waals surface area contributed by atoms with Crippen LogP contribution in [0.15, 0.2) is 0 Å². The van der Waals surface area contributed by atoms with Gasteiger partial charge < -0.3 is 5.32 Å². The maximum atomic E-state index is 11.4. The van der Waals surface area contributed by atoms with E-state index < -0.39 is 0 Å². The molecule has 0 fully saturated rings. The number of rotatable bonds is 3. The van der Waals surface area contributed by atoms with Crippen molar-refractivity contribution in [1.82, 2.24) is 5.32 Å². The Morgan fingerprint density at radius 2 is 1.24 bits per heavy atom. The fourth-order valence-corrected chi connectivity index (χ4v) is 1.14. The Balaban J connectivity index is -0.000000439. The van der Waals surface area contributed by atoms with E-state index >= 15 is 0 Å². The van der Waals surface area contributed by atoms with Crippen molar-refractivity contribution < 1.29 is 4.79 Å². The summed E-state index contributed by atoms with van der Waals surface area (Å²) in [6.45, 7) is 18.6. The predicted molar refractivity (Wildman–Crippen MR) is 79.2 cm³/mol. The summed E-state index contributed by atoms with van der Waals surface area (Å²) >= 11 is 0. The van der Waals surface area contributed by atoms with Gasteiger partial charge in [-0.1, -0.05) is 62.3 Å². The van der Waals surface area contributed by atoms with Crippen LogP contribution in [0.3, 0.4) is 0 Å². The first-order chi connectivity index (χ1) is 7.69. The number of carbonyl (C=O) groups is 1. The van der Waals surface area contributed by atoms with E-state index in [0.717, 1.165) is 12.8 Å². The highest BCUT2D eigenvalue weighted by Gasteiger charge is 2.27. The zero-order chi connectivity index (χ0) is 14.7. The zero-order valence-corrected chi connectivity index (χ0v) is 13.8. The van der Waals surface area contributed by atoms with Crippen molar-refractivity contribution in [3.8, 4) is 0 Å². The molecule has 0 aliphatic heterocycles. The van der Waals surface area contributed by atoms with E-state index in [2.05, 4.69) is 26.1 Å². The summed E-state index contributed by atoms with van der Waals surface area (Å²) in [4.78, 5) is 11.4. The van der Waals surface area contributed by atoms with Gasteiger partial charge in [-0.15, -0.1) is 0 Å². The summed E-state index contributed by atoms with van der Waals surface area (Å²) in [5.74, 6) is 0.136. The quantitative estimate of drug-likeness (QED) is 0.771. The van der Waals surface area contributed by atoms with Gasteiger partial charge in [-0.3, -0.25) is 4.79 Å². The molecule has 0 aliphatic rings. The van der Waals surface area contributed by atoms with Gasteiger partial charge in [0, 0.05) is 12.5 Å². The Morgan fingerprint density at radius 3 is 1.47 bits per heavy atom. The predicted octanol–water partition coefficient (Wildman–Crippen LogP) is 4.64. The smallest absolute Gasteiger partial charge is 0.225 e. The molecule has 2 heteroatoms. The molecule has 0 rings (SSSR count). The maximum absolute atomic E-state index is 11.4. The molecule has 0 aromatic carbocycles. The lowest BCUT2D eigenvalue weighted by Gasteiger charge is -2.27. The van der Waals surface area contributed by atoms with E-state index in [4.69, 9.17) is 0 Å². The average Bonchev–Trinajstić information content (AvgIpc) is 2.30. The Bertz CT molecular complexity index is 178. The van der Waals surface area contributed by atoms with Crippen LogP contribution in [0.5, 0.6) is 0 Å². The molecule has 0 saturated carbocycles. The van der Waals surface area contributed by atoms with Crippen molar-refractivity contribution in [1.29, 1.82) is 0 Å². The molecule has 0 bridgehead atoms. The van der Waals surface area contributed by atoms with Gasteiger partial charge in [0.15, 0.2) is 0 Å². The van der Waals surface area contributed by atoms with Gasteiger partial charge in [0.25, 0.3) is 0 Å². The Kier molecular flexibility index (Phi) is 13.6. The van der Waals surface area contributed by atoms with E-state index in [1.165, 1.54) is 0 Å². The number of hydrogen-bond acceptors (Lipinski definition) is 1. The highest BCUT2D eigenvalue weighted by molar-refractivity contribution is 5.81. The molecular weight excluding hydrogens is 210 g/mol. The Morgan fingerprint density at radius 1 is 0.882 bits per heavy atom. The molecule has 1 amide bonds. The minimum atomic E-state index is -0.234. The van der Waals surface area contributed by atoms with Crippen LogP contribution in [0.2, 0.25) is 0 Å². The third-order valence-electron chi connectivity index (χ3n) is 2.34. The topological polar surface area (TPSA) is 29.1 Å². The van der Waals surface area contributed by atoms with Crippen molar-refractivity contribution in [3.63, 3.8) is 0 Å². The number of amides is 1. The fraction of sp³-hybridized carbons (Fsp3) is 0.933. The van der Waals surface area contributed by atoms with E-state index in [0.29, 0.717) is 5.41 Å². The Hall–Kier alpha value is -0.530. The summed E-state index contributed by atoms with van der Waals surface area (Å²) in [6.07, 6.45) is 2.02. The highest BCUT2D eigenvalue weighted by atomic mass is 16.2. The van der Waals surface area contributed by atoms with Crippen molar-refractivity contribution in [3.05, 3.63) is 0 Å². The second kappa shape index (κ2) is 10.6. The summed E-state index contributed by atoms with van der Waals surface area (Å²) in [6, 6.07) is 0. The lowest BCUT2D eigenvalue weighted by atomic mass is 9.79. The number of nitrogens with one attached hydrogen (secondary N) is 1. The minimum absolute atomic E-state index is 0.136.